The second kappa shape index (κ2) is 6.44. The van der Waals surface area contributed by atoms with Crippen molar-refractivity contribution < 1.29 is 24.3 Å². The summed E-state index contributed by atoms with van der Waals surface area (Å²) in [4.78, 5) is 50.8. The highest BCUT2D eigenvalue weighted by atomic mass is 16.4. The molecule has 0 saturated carbocycles. The molecule has 2 fully saturated rings. The van der Waals surface area contributed by atoms with Crippen LogP contribution in [0.5, 0.6) is 0 Å². The number of hydrogen-bond donors (Lipinski definition) is 2. The molecule has 138 valence electrons. The maximum absolute atomic E-state index is 12.8. The van der Waals surface area contributed by atoms with E-state index in [1.165, 1.54) is 4.90 Å². The predicted octanol–water partition coefficient (Wildman–Crippen LogP) is 0.695. The van der Waals surface area contributed by atoms with E-state index in [9.17, 15) is 19.2 Å². The summed E-state index contributed by atoms with van der Waals surface area (Å²) >= 11 is 0. The van der Waals surface area contributed by atoms with Gasteiger partial charge in [-0.05, 0) is 25.8 Å². The van der Waals surface area contributed by atoms with Gasteiger partial charge in [-0.15, -0.1) is 0 Å². The summed E-state index contributed by atoms with van der Waals surface area (Å²) < 4.78 is 0. The van der Waals surface area contributed by atoms with Gasteiger partial charge in [0.1, 0.15) is 12.1 Å². The highest BCUT2D eigenvalue weighted by Gasteiger charge is 2.50. The van der Waals surface area contributed by atoms with Gasteiger partial charge >= 0.3 is 12.0 Å². The smallest absolute Gasteiger partial charge is 0.325 e. The van der Waals surface area contributed by atoms with Crippen molar-refractivity contribution in [2.24, 2.45) is 5.92 Å². The number of amides is 4. The zero-order chi connectivity index (χ0) is 19.1. The van der Waals surface area contributed by atoms with E-state index in [-0.39, 0.29) is 6.54 Å². The molecule has 8 heteroatoms. The van der Waals surface area contributed by atoms with Gasteiger partial charge in [0.25, 0.3) is 5.91 Å². The van der Waals surface area contributed by atoms with E-state index < -0.39 is 41.8 Å². The van der Waals surface area contributed by atoms with Crippen LogP contribution in [0, 0.1) is 12.8 Å². The monoisotopic (exact) mass is 359 g/mol. The molecule has 0 aromatic heterocycles. The quantitative estimate of drug-likeness (QED) is 0.770. The Bertz CT molecular complexity index is 776. The molecule has 2 N–H and O–H groups in total. The fourth-order valence-corrected chi connectivity index (χ4v) is 3.35. The number of likely N-dealkylation sites (tertiary alicyclic amines) is 1. The highest BCUT2D eigenvalue weighted by molar-refractivity contribution is 6.09. The van der Waals surface area contributed by atoms with Gasteiger partial charge in [-0.1, -0.05) is 29.8 Å². The predicted molar refractivity (Wildman–Crippen MR) is 91.1 cm³/mol. The van der Waals surface area contributed by atoms with Crippen molar-refractivity contribution >= 4 is 23.8 Å². The second-order valence-corrected chi connectivity index (χ2v) is 6.98. The lowest BCUT2D eigenvalue weighted by atomic mass is 9.91. The Morgan fingerprint density at radius 2 is 1.92 bits per heavy atom. The van der Waals surface area contributed by atoms with E-state index in [2.05, 4.69) is 5.32 Å². The molecule has 0 bridgehead atoms. The van der Waals surface area contributed by atoms with Crippen molar-refractivity contribution in [2.75, 3.05) is 19.6 Å². The van der Waals surface area contributed by atoms with E-state index >= 15 is 0 Å². The third-order valence-corrected chi connectivity index (χ3v) is 5.09. The topological polar surface area (TPSA) is 107 Å². The maximum Gasteiger partial charge on any atom is 0.325 e. The minimum Gasteiger partial charge on any atom is -0.481 e. The number of rotatable bonds is 4. The van der Waals surface area contributed by atoms with Crippen molar-refractivity contribution in [3.63, 3.8) is 0 Å². The molecule has 26 heavy (non-hydrogen) atoms. The summed E-state index contributed by atoms with van der Waals surface area (Å²) in [7, 11) is 0. The van der Waals surface area contributed by atoms with E-state index in [1.54, 1.807) is 19.1 Å². The van der Waals surface area contributed by atoms with E-state index in [1.807, 2.05) is 19.1 Å². The van der Waals surface area contributed by atoms with Crippen molar-refractivity contribution in [2.45, 2.75) is 25.8 Å². The molecular weight excluding hydrogens is 338 g/mol. The number of carbonyl (C=O) groups excluding carboxylic acids is 3. The summed E-state index contributed by atoms with van der Waals surface area (Å²) in [6, 6.07) is 6.63. The van der Waals surface area contributed by atoms with Gasteiger partial charge in [-0.25, -0.2) is 4.79 Å². The standard InChI is InChI=1S/C18H21N3O5/c1-11-3-5-13(6-4-11)18(2)16(25)21(17(26)19-18)10-14(22)20-8-7-12(9-20)15(23)24/h3-6,12H,7-10H2,1-2H3,(H,19,26)(H,23,24)/t12-,18-/m0/s1. The minimum atomic E-state index is -1.22. The molecule has 2 aliphatic rings. The summed E-state index contributed by atoms with van der Waals surface area (Å²) in [5.74, 6) is -2.46. The number of carbonyl (C=O) groups is 4. The first-order valence-corrected chi connectivity index (χ1v) is 8.44. The van der Waals surface area contributed by atoms with Crippen LogP contribution in [0.2, 0.25) is 0 Å². The average Bonchev–Trinajstić information content (AvgIpc) is 3.16. The third kappa shape index (κ3) is 3.02. The van der Waals surface area contributed by atoms with Gasteiger partial charge in [0, 0.05) is 13.1 Å². The van der Waals surface area contributed by atoms with Crippen molar-refractivity contribution in [3.05, 3.63) is 35.4 Å². The number of carboxylic acids is 1. The molecule has 0 aliphatic carbocycles. The van der Waals surface area contributed by atoms with Gasteiger partial charge in [0.2, 0.25) is 5.91 Å². The lowest BCUT2D eigenvalue weighted by Gasteiger charge is -2.23. The average molecular weight is 359 g/mol. The SMILES string of the molecule is Cc1ccc([C@]2(C)NC(=O)N(CC(=O)N3CC[C@H](C(=O)O)C3)C2=O)cc1. The first kappa shape index (κ1) is 17.9. The Morgan fingerprint density at radius 1 is 1.27 bits per heavy atom. The number of nitrogens with one attached hydrogen (secondary N) is 1. The third-order valence-electron chi connectivity index (χ3n) is 5.09. The highest BCUT2D eigenvalue weighted by Crippen LogP contribution is 2.29. The number of nitrogens with zero attached hydrogens (tertiary/aromatic N) is 2. The molecule has 0 spiro atoms. The molecule has 2 aliphatic heterocycles. The van der Waals surface area contributed by atoms with Gasteiger partial charge in [-0.3, -0.25) is 19.3 Å². The van der Waals surface area contributed by atoms with Crippen molar-refractivity contribution in [3.8, 4) is 0 Å². The first-order valence-electron chi connectivity index (χ1n) is 8.44. The molecule has 4 amide bonds. The number of carboxylic acid groups (broad SMARTS) is 1. The van der Waals surface area contributed by atoms with Gasteiger partial charge in [-0.2, -0.15) is 0 Å². The Labute approximate surface area is 150 Å². The van der Waals surface area contributed by atoms with E-state index in [0.717, 1.165) is 10.5 Å². The van der Waals surface area contributed by atoms with Crippen LogP contribution in [-0.4, -0.2) is 58.4 Å². The Balaban J connectivity index is 1.72. The molecule has 2 atom stereocenters. The van der Waals surface area contributed by atoms with Crippen molar-refractivity contribution in [1.29, 1.82) is 0 Å². The first-order chi connectivity index (χ1) is 12.2. The Hall–Kier alpha value is -2.90. The molecule has 1 aromatic carbocycles. The summed E-state index contributed by atoms with van der Waals surface area (Å²) in [5, 5.41) is 11.7. The summed E-state index contributed by atoms with van der Waals surface area (Å²) in [6.07, 6.45) is 0.377. The fourth-order valence-electron chi connectivity index (χ4n) is 3.35. The van der Waals surface area contributed by atoms with Crippen LogP contribution < -0.4 is 5.32 Å². The molecule has 2 heterocycles. The second-order valence-electron chi connectivity index (χ2n) is 6.98. The molecule has 3 rings (SSSR count). The zero-order valence-electron chi connectivity index (χ0n) is 14.7. The normalized spacial score (nSPS) is 25.5. The van der Waals surface area contributed by atoms with Crippen LogP contribution in [0.25, 0.3) is 0 Å². The number of urea groups is 1. The van der Waals surface area contributed by atoms with Crippen LogP contribution in [-0.2, 0) is 19.9 Å². The van der Waals surface area contributed by atoms with E-state index in [4.69, 9.17) is 5.11 Å². The maximum atomic E-state index is 12.8. The largest absolute Gasteiger partial charge is 0.481 e. The van der Waals surface area contributed by atoms with Crippen LogP contribution in [0.1, 0.15) is 24.5 Å². The van der Waals surface area contributed by atoms with Crippen LogP contribution in [0.4, 0.5) is 4.79 Å². The molecule has 0 radical (unpaired) electrons. The number of hydrogen-bond acceptors (Lipinski definition) is 4. The van der Waals surface area contributed by atoms with Crippen LogP contribution in [0.15, 0.2) is 24.3 Å². The number of imide groups is 1. The number of aliphatic carboxylic acids is 1. The van der Waals surface area contributed by atoms with Crippen molar-refractivity contribution in [1.82, 2.24) is 15.1 Å². The lowest BCUT2D eigenvalue weighted by molar-refractivity contribution is -0.142. The molecular formula is C18H21N3O5. The summed E-state index contributed by atoms with van der Waals surface area (Å²) in [5.41, 5.74) is 0.450. The van der Waals surface area contributed by atoms with E-state index in [0.29, 0.717) is 18.5 Å². The lowest BCUT2D eigenvalue weighted by Crippen LogP contribution is -2.44. The zero-order valence-corrected chi connectivity index (χ0v) is 14.7. The number of benzene rings is 1. The molecule has 2 saturated heterocycles. The van der Waals surface area contributed by atoms with Gasteiger partial charge in [0.05, 0.1) is 5.92 Å². The molecule has 1 aromatic rings. The van der Waals surface area contributed by atoms with Gasteiger partial charge < -0.3 is 15.3 Å². The Kier molecular flexibility index (Phi) is 4.43. The minimum absolute atomic E-state index is 0.104. The van der Waals surface area contributed by atoms with Gasteiger partial charge in [0.15, 0.2) is 0 Å². The van der Waals surface area contributed by atoms with Crippen LogP contribution in [0.3, 0.4) is 0 Å². The molecule has 8 nitrogen and oxygen atoms in total. The Morgan fingerprint density at radius 3 is 2.50 bits per heavy atom. The fraction of sp³-hybridized carbons (Fsp3) is 0.444. The summed E-state index contributed by atoms with van der Waals surface area (Å²) in [6.45, 7) is 3.56. The molecule has 0 unspecified atom stereocenters. The number of aryl methyl sites for hydroxylation is 1. The van der Waals surface area contributed by atoms with Crippen LogP contribution >= 0.6 is 0 Å².